The first kappa shape index (κ1) is 17.5. The number of carbonyl (C=O) groups excluding carboxylic acids is 2. The van der Waals surface area contributed by atoms with Crippen LogP contribution in [0.4, 0.5) is 0 Å². The molecule has 1 aromatic carbocycles. The largest absolute Gasteiger partial charge is 0.353 e. The zero-order valence-electron chi connectivity index (χ0n) is 14.3. The summed E-state index contributed by atoms with van der Waals surface area (Å²) in [5.41, 5.74) is 2.53. The highest BCUT2D eigenvalue weighted by molar-refractivity contribution is 5.77. The van der Waals surface area contributed by atoms with Crippen molar-refractivity contribution in [2.24, 2.45) is 0 Å². The van der Waals surface area contributed by atoms with E-state index in [-0.39, 0.29) is 17.9 Å². The zero-order valence-corrected chi connectivity index (χ0v) is 14.3. The van der Waals surface area contributed by atoms with Crippen LogP contribution in [0.2, 0.25) is 0 Å². The lowest BCUT2D eigenvalue weighted by Crippen LogP contribution is -2.46. The summed E-state index contributed by atoms with van der Waals surface area (Å²) in [6.07, 6.45) is 4.64. The molecule has 1 N–H and O–H groups in total. The maximum Gasteiger partial charge on any atom is 0.222 e. The molecule has 4 nitrogen and oxygen atoms in total. The molecule has 1 aliphatic heterocycles. The van der Waals surface area contributed by atoms with Crippen molar-refractivity contribution >= 4 is 11.8 Å². The van der Waals surface area contributed by atoms with E-state index in [9.17, 15) is 9.59 Å². The highest BCUT2D eigenvalue weighted by Crippen LogP contribution is 2.12. The number of hydrogen-bond acceptors (Lipinski definition) is 2. The number of nitrogens with zero attached hydrogens (tertiary/aromatic N) is 1. The van der Waals surface area contributed by atoms with Gasteiger partial charge in [0.1, 0.15) is 0 Å². The Morgan fingerprint density at radius 1 is 1.09 bits per heavy atom. The minimum atomic E-state index is 0.116. The highest BCUT2D eigenvalue weighted by atomic mass is 16.2. The molecule has 126 valence electrons. The van der Waals surface area contributed by atoms with Crippen LogP contribution in [-0.2, 0) is 22.4 Å². The summed E-state index contributed by atoms with van der Waals surface area (Å²) < 4.78 is 0. The lowest BCUT2D eigenvalue weighted by atomic mass is 10.0. The SMILES string of the molecule is CCC(=O)N1CCC(NC(=O)CCc2ccc(CC)cc2)CC1. The van der Waals surface area contributed by atoms with E-state index in [0.29, 0.717) is 12.8 Å². The van der Waals surface area contributed by atoms with Crippen molar-refractivity contribution < 1.29 is 9.59 Å². The van der Waals surface area contributed by atoms with Gasteiger partial charge in [-0.1, -0.05) is 38.1 Å². The lowest BCUT2D eigenvalue weighted by molar-refractivity contribution is -0.132. The van der Waals surface area contributed by atoms with E-state index in [1.807, 2.05) is 11.8 Å². The molecule has 2 amide bonds. The van der Waals surface area contributed by atoms with Crippen LogP contribution in [-0.4, -0.2) is 35.8 Å². The molecule has 0 aromatic heterocycles. The average Bonchev–Trinajstić information content (AvgIpc) is 2.60. The van der Waals surface area contributed by atoms with Crippen LogP contribution < -0.4 is 5.32 Å². The van der Waals surface area contributed by atoms with Crippen LogP contribution in [0, 0.1) is 0 Å². The summed E-state index contributed by atoms with van der Waals surface area (Å²) in [6.45, 7) is 5.55. The third kappa shape index (κ3) is 5.38. The molecular weight excluding hydrogens is 288 g/mol. The molecule has 0 bridgehead atoms. The Morgan fingerprint density at radius 2 is 1.70 bits per heavy atom. The number of amides is 2. The first-order valence-corrected chi connectivity index (χ1v) is 8.77. The van der Waals surface area contributed by atoms with Crippen molar-refractivity contribution in [3.05, 3.63) is 35.4 Å². The third-order valence-corrected chi connectivity index (χ3v) is 4.59. The van der Waals surface area contributed by atoms with Crippen LogP contribution >= 0.6 is 0 Å². The molecule has 2 rings (SSSR count). The van der Waals surface area contributed by atoms with Crippen LogP contribution in [0.5, 0.6) is 0 Å². The summed E-state index contributed by atoms with van der Waals surface area (Å²) >= 11 is 0. The maximum absolute atomic E-state index is 12.1. The van der Waals surface area contributed by atoms with Crippen molar-refractivity contribution in [1.29, 1.82) is 0 Å². The Balaban J connectivity index is 1.70. The van der Waals surface area contributed by atoms with Crippen molar-refractivity contribution in [2.75, 3.05) is 13.1 Å². The van der Waals surface area contributed by atoms with Gasteiger partial charge in [0, 0.05) is 32.0 Å². The second kappa shape index (κ2) is 8.70. The Hall–Kier alpha value is -1.84. The van der Waals surface area contributed by atoms with Gasteiger partial charge in [-0.3, -0.25) is 9.59 Å². The molecular formula is C19H28N2O2. The van der Waals surface area contributed by atoms with Gasteiger partial charge in [-0.15, -0.1) is 0 Å². The van der Waals surface area contributed by atoms with E-state index >= 15 is 0 Å². The summed E-state index contributed by atoms with van der Waals surface area (Å²) in [7, 11) is 0. The minimum Gasteiger partial charge on any atom is -0.353 e. The number of benzene rings is 1. The molecule has 0 saturated carbocycles. The van der Waals surface area contributed by atoms with Crippen molar-refractivity contribution in [1.82, 2.24) is 10.2 Å². The zero-order chi connectivity index (χ0) is 16.7. The molecule has 1 saturated heterocycles. The van der Waals surface area contributed by atoms with Crippen molar-refractivity contribution in [3.8, 4) is 0 Å². The van der Waals surface area contributed by atoms with Gasteiger partial charge in [0.15, 0.2) is 0 Å². The summed E-state index contributed by atoms with van der Waals surface area (Å²) in [6, 6.07) is 8.70. The van der Waals surface area contributed by atoms with Gasteiger partial charge < -0.3 is 10.2 Å². The predicted molar refractivity (Wildman–Crippen MR) is 92.2 cm³/mol. The number of hydrogen-bond donors (Lipinski definition) is 1. The minimum absolute atomic E-state index is 0.116. The number of carbonyl (C=O) groups is 2. The summed E-state index contributed by atoms with van der Waals surface area (Å²) in [4.78, 5) is 25.6. The number of piperidine rings is 1. The molecule has 1 aromatic rings. The number of likely N-dealkylation sites (tertiary alicyclic amines) is 1. The monoisotopic (exact) mass is 316 g/mol. The van der Waals surface area contributed by atoms with Gasteiger partial charge in [-0.2, -0.15) is 0 Å². The van der Waals surface area contributed by atoms with E-state index in [0.717, 1.165) is 38.8 Å². The summed E-state index contributed by atoms with van der Waals surface area (Å²) in [5.74, 6) is 0.329. The van der Waals surface area contributed by atoms with E-state index in [1.165, 1.54) is 11.1 Å². The van der Waals surface area contributed by atoms with Crippen LogP contribution in [0.15, 0.2) is 24.3 Å². The highest BCUT2D eigenvalue weighted by Gasteiger charge is 2.22. The topological polar surface area (TPSA) is 49.4 Å². The molecule has 4 heteroatoms. The van der Waals surface area contributed by atoms with Gasteiger partial charge in [0.05, 0.1) is 0 Å². The Labute approximate surface area is 139 Å². The van der Waals surface area contributed by atoms with Crippen LogP contribution in [0.25, 0.3) is 0 Å². The number of rotatable bonds is 6. The molecule has 0 unspecified atom stereocenters. The Kier molecular flexibility index (Phi) is 6.63. The van der Waals surface area contributed by atoms with E-state index < -0.39 is 0 Å². The first-order valence-electron chi connectivity index (χ1n) is 8.77. The first-order chi connectivity index (χ1) is 11.1. The second-order valence-corrected chi connectivity index (χ2v) is 6.25. The second-order valence-electron chi connectivity index (χ2n) is 6.25. The van der Waals surface area contributed by atoms with Gasteiger partial charge in [-0.25, -0.2) is 0 Å². The lowest BCUT2D eigenvalue weighted by Gasteiger charge is -2.32. The number of aryl methyl sites for hydroxylation is 2. The fourth-order valence-electron chi connectivity index (χ4n) is 3.00. The molecule has 0 spiro atoms. The molecule has 0 radical (unpaired) electrons. The predicted octanol–water partition coefficient (Wildman–Crippen LogP) is 2.70. The fourth-order valence-corrected chi connectivity index (χ4v) is 3.00. The molecule has 1 fully saturated rings. The normalized spacial score (nSPS) is 15.5. The van der Waals surface area contributed by atoms with Gasteiger partial charge in [0.2, 0.25) is 11.8 Å². The van der Waals surface area contributed by atoms with Crippen molar-refractivity contribution in [3.63, 3.8) is 0 Å². The van der Waals surface area contributed by atoms with Crippen LogP contribution in [0.1, 0.15) is 50.7 Å². The maximum atomic E-state index is 12.1. The number of nitrogens with one attached hydrogen (secondary N) is 1. The molecule has 0 atom stereocenters. The van der Waals surface area contributed by atoms with Crippen LogP contribution in [0.3, 0.4) is 0 Å². The average molecular weight is 316 g/mol. The van der Waals surface area contributed by atoms with Gasteiger partial charge in [0.25, 0.3) is 0 Å². The van der Waals surface area contributed by atoms with E-state index in [2.05, 4.69) is 36.5 Å². The standard InChI is InChI=1S/C19H28N2O2/c1-3-15-5-7-16(8-6-15)9-10-18(22)20-17-11-13-21(14-12-17)19(23)4-2/h5-8,17H,3-4,9-14H2,1-2H3,(H,20,22). The van der Waals surface area contributed by atoms with E-state index in [4.69, 9.17) is 0 Å². The summed E-state index contributed by atoms with van der Waals surface area (Å²) in [5, 5.41) is 3.11. The molecule has 23 heavy (non-hydrogen) atoms. The van der Waals surface area contributed by atoms with Crippen molar-refractivity contribution in [2.45, 2.75) is 58.4 Å². The van der Waals surface area contributed by atoms with Gasteiger partial charge >= 0.3 is 0 Å². The van der Waals surface area contributed by atoms with E-state index in [1.54, 1.807) is 0 Å². The quantitative estimate of drug-likeness (QED) is 0.877. The molecule has 0 aliphatic carbocycles. The third-order valence-electron chi connectivity index (χ3n) is 4.59. The smallest absolute Gasteiger partial charge is 0.222 e. The molecule has 1 heterocycles. The van der Waals surface area contributed by atoms with Gasteiger partial charge in [-0.05, 0) is 36.8 Å². The molecule has 1 aliphatic rings. The Morgan fingerprint density at radius 3 is 2.26 bits per heavy atom. The Bertz CT molecular complexity index is 517. The fraction of sp³-hybridized carbons (Fsp3) is 0.579.